The molecule has 2 atom stereocenters. The van der Waals surface area contributed by atoms with E-state index in [4.69, 9.17) is 21.1 Å². The van der Waals surface area contributed by atoms with Crippen molar-refractivity contribution in [3.63, 3.8) is 0 Å². The van der Waals surface area contributed by atoms with E-state index in [1.807, 2.05) is 0 Å². The molecule has 3 aromatic rings. The first kappa shape index (κ1) is 30.2. The third-order valence-electron chi connectivity index (χ3n) is 6.83. The van der Waals surface area contributed by atoms with Crippen LogP contribution in [-0.4, -0.2) is 64.6 Å². The first-order valence-corrected chi connectivity index (χ1v) is 15.0. The smallest absolute Gasteiger partial charge is 0.269 e. The summed E-state index contributed by atoms with van der Waals surface area (Å²) < 4.78 is 83.0. The van der Waals surface area contributed by atoms with E-state index in [1.54, 1.807) is 42.6 Å². The second-order valence-corrected chi connectivity index (χ2v) is 12.8. The lowest BCUT2D eigenvalue weighted by Gasteiger charge is -2.40. The van der Waals surface area contributed by atoms with Gasteiger partial charge in [-0.2, -0.15) is 0 Å². The number of ether oxygens (including phenoxy) is 2. The number of nitrogens with one attached hydrogen (secondary N) is 1. The molecule has 1 aromatic heterocycles. The molecule has 1 N–H and O–H groups in total. The Balaban J connectivity index is 1.68. The number of sulfonamides is 1. The normalized spacial score (nSPS) is 18.9. The zero-order valence-corrected chi connectivity index (χ0v) is 24.7. The van der Waals surface area contributed by atoms with Gasteiger partial charge in [0.15, 0.2) is 5.13 Å². The molecule has 4 rings (SSSR count). The number of thiazole rings is 1. The van der Waals surface area contributed by atoms with Crippen molar-refractivity contribution in [3.8, 4) is 11.5 Å². The van der Waals surface area contributed by atoms with E-state index in [0.29, 0.717) is 17.1 Å². The average molecular weight is 619 g/mol. The van der Waals surface area contributed by atoms with Crippen molar-refractivity contribution < 1.29 is 31.1 Å². The fourth-order valence-electron chi connectivity index (χ4n) is 4.71. The lowest BCUT2D eigenvalue weighted by molar-refractivity contribution is -0.0607. The van der Waals surface area contributed by atoms with Gasteiger partial charge in [0.25, 0.3) is 10.0 Å². The Kier molecular flexibility index (Phi) is 9.08. The lowest BCUT2D eigenvalue weighted by Crippen LogP contribution is -2.50. The molecule has 0 radical (unpaired) electrons. The Morgan fingerprint density at radius 2 is 1.95 bits per heavy atom. The zero-order chi connectivity index (χ0) is 29.2. The molecule has 1 unspecified atom stereocenters. The van der Waals surface area contributed by atoms with Gasteiger partial charge in [-0.25, -0.2) is 30.9 Å². The van der Waals surface area contributed by atoms with E-state index < -0.39 is 38.7 Å². The second kappa shape index (κ2) is 12.0. The molecule has 0 bridgehead atoms. The molecule has 0 spiro atoms. The monoisotopic (exact) mass is 618 g/mol. The van der Waals surface area contributed by atoms with Crippen LogP contribution < -0.4 is 19.1 Å². The number of hydrogen-bond donors (Lipinski definition) is 1. The number of likely N-dealkylation sites (N-methyl/N-ethyl adjacent to an activating group) is 1. The van der Waals surface area contributed by atoms with Crippen LogP contribution in [0.5, 0.6) is 11.5 Å². The van der Waals surface area contributed by atoms with E-state index in [-0.39, 0.29) is 41.6 Å². The van der Waals surface area contributed by atoms with Gasteiger partial charge < -0.3 is 19.7 Å². The van der Waals surface area contributed by atoms with Crippen LogP contribution >= 0.6 is 22.9 Å². The van der Waals surface area contributed by atoms with Gasteiger partial charge in [0.2, 0.25) is 5.92 Å². The highest BCUT2D eigenvalue weighted by Crippen LogP contribution is 2.39. The van der Waals surface area contributed by atoms with Crippen molar-refractivity contribution in [1.29, 1.82) is 0 Å². The Bertz CT molecular complexity index is 1440. The van der Waals surface area contributed by atoms with Crippen molar-refractivity contribution in [2.45, 2.75) is 48.7 Å². The van der Waals surface area contributed by atoms with Gasteiger partial charge in [-0.3, -0.25) is 0 Å². The minimum atomic E-state index is -4.51. The summed E-state index contributed by atoms with van der Waals surface area (Å²) in [6.45, 7) is -0.207. The third kappa shape index (κ3) is 6.42. The Morgan fingerprint density at radius 3 is 2.58 bits per heavy atom. The SMILES string of the molecule is COc1ccc(CN(c2nccs2)S(=O)(=O)c2cc(Cl)c(NC3CCC(F)(F)C[C@@H]3N(C)C)cc2F)c(OC)c1. The van der Waals surface area contributed by atoms with Crippen molar-refractivity contribution in [3.05, 3.63) is 58.3 Å². The number of rotatable bonds is 10. The Morgan fingerprint density at radius 1 is 1.20 bits per heavy atom. The summed E-state index contributed by atoms with van der Waals surface area (Å²) >= 11 is 7.53. The number of benzene rings is 2. The van der Waals surface area contributed by atoms with Crippen LogP contribution in [0.4, 0.5) is 24.0 Å². The Labute approximate surface area is 240 Å². The van der Waals surface area contributed by atoms with E-state index in [9.17, 15) is 17.2 Å². The van der Waals surface area contributed by atoms with Crippen LogP contribution in [0.25, 0.3) is 0 Å². The maximum atomic E-state index is 15.6. The van der Waals surface area contributed by atoms with Gasteiger partial charge >= 0.3 is 0 Å². The number of anilines is 2. The molecule has 1 aliphatic rings. The summed E-state index contributed by atoms with van der Waals surface area (Å²) in [5.41, 5.74) is 0.619. The molecule has 1 fully saturated rings. The van der Waals surface area contributed by atoms with Crippen LogP contribution in [0.3, 0.4) is 0 Å². The van der Waals surface area contributed by atoms with Crippen LogP contribution in [0, 0.1) is 5.82 Å². The summed E-state index contributed by atoms with van der Waals surface area (Å²) in [6, 6.07) is 5.96. The molecule has 0 aliphatic heterocycles. The van der Waals surface area contributed by atoms with Gasteiger partial charge in [0.1, 0.15) is 22.2 Å². The molecular weight excluding hydrogens is 589 g/mol. The highest BCUT2D eigenvalue weighted by molar-refractivity contribution is 7.93. The summed E-state index contributed by atoms with van der Waals surface area (Å²) in [7, 11) is 1.83. The van der Waals surface area contributed by atoms with Crippen LogP contribution in [-0.2, 0) is 16.6 Å². The van der Waals surface area contributed by atoms with E-state index in [2.05, 4.69) is 10.3 Å². The molecule has 0 saturated heterocycles. The summed E-state index contributed by atoms with van der Waals surface area (Å²) in [5, 5.41) is 4.73. The first-order chi connectivity index (χ1) is 18.9. The van der Waals surface area contributed by atoms with Gasteiger partial charge in [0.05, 0.1) is 31.5 Å². The maximum absolute atomic E-state index is 15.6. The number of aromatic nitrogens is 1. The van der Waals surface area contributed by atoms with E-state index in [0.717, 1.165) is 27.8 Å². The molecule has 40 heavy (non-hydrogen) atoms. The number of alkyl halides is 2. The fourth-order valence-corrected chi connectivity index (χ4v) is 7.33. The number of hydrogen-bond acceptors (Lipinski definition) is 8. The molecule has 14 heteroatoms. The maximum Gasteiger partial charge on any atom is 0.269 e. The first-order valence-electron chi connectivity index (χ1n) is 12.3. The zero-order valence-electron chi connectivity index (χ0n) is 22.3. The highest BCUT2D eigenvalue weighted by Gasteiger charge is 2.42. The standard InChI is InChI=1S/C26H30ClF3N4O4S2/c1-33(2)22-14-26(29,30)8-7-20(22)32-21-13-19(28)24(12-18(21)27)40(35,36)34(25-31-9-10-39-25)15-16-5-6-17(37-3)11-23(16)38-4/h5-6,9-13,20,22,32H,7-8,14-15H2,1-4H3/t20?,22-/m0/s1. The quantitative estimate of drug-likeness (QED) is 0.304. The van der Waals surface area contributed by atoms with Crippen molar-refractivity contribution in [2.24, 2.45) is 0 Å². The van der Waals surface area contributed by atoms with Crippen LogP contribution in [0.2, 0.25) is 5.02 Å². The minimum Gasteiger partial charge on any atom is -0.497 e. The summed E-state index contributed by atoms with van der Waals surface area (Å²) in [6.07, 6.45) is 0.898. The van der Waals surface area contributed by atoms with Crippen LogP contribution in [0.15, 0.2) is 46.8 Å². The number of methoxy groups -OCH3 is 2. The largest absolute Gasteiger partial charge is 0.497 e. The van der Waals surface area contributed by atoms with Crippen molar-refractivity contribution in [1.82, 2.24) is 9.88 Å². The van der Waals surface area contributed by atoms with Crippen molar-refractivity contribution in [2.75, 3.05) is 37.9 Å². The minimum absolute atomic E-state index is 0.0593. The predicted octanol–water partition coefficient (Wildman–Crippen LogP) is 5.88. The van der Waals surface area contributed by atoms with Crippen LogP contribution in [0.1, 0.15) is 24.8 Å². The molecule has 1 heterocycles. The number of nitrogens with zero attached hydrogens (tertiary/aromatic N) is 3. The second-order valence-electron chi connectivity index (χ2n) is 9.65. The summed E-state index contributed by atoms with van der Waals surface area (Å²) in [5.74, 6) is -2.95. The third-order valence-corrected chi connectivity index (χ3v) is 9.80. The number of halogens is 4. The highest BCUT2D eigenvalue weighted by atomic mass is 35.5. The average Bonchev–Trinajstić information content (AvgIpc) is 3.44. The molecule has 1 saturated carbocycles. The molecule has 8 nitrogen and oxygen atoms in total. The summed E-state index contributed by atoms with van der Waals surface area (Å²) in [4.78, 5) is 5.18. The lowest BCUT2D eigenvalue weighted by atomic mass is 9.86. The van der Waals surface area contributed by atoms with E-state index >= 15 is 4.39 Å². The Hall–Kier alpha value is -2.74. The molecular formula is C26H30ClF3N4O4S2. The van der Waals surface area contributed by atoms with Gasteiger partial charge in [-0.1, -0.05) is 11.6 Å². The van der Waals surface area contributed by atoms with Gasteiger partial charge in [-0.15, -0.1) is 11.3 Å². The molecule has 0 amide bonds. The van der Waals surface area contributed by atoms with Gasteiger partial charge in [-0.05, 0) is 44.8 Å². The molecule has 218 valence electrons. The molecule has 2 aromatic carbocycles. The predicted molar refractivity (Wildman–Crippen MR) is 150 cm³/mol. The van der Waals surface area contributed by atoms with Crippen molar-refractivity contribution >= 4 is 43.8 Å². The van der Waals surface area contributed by atoms with Gasteiger partial charge in [0, 0.05) is 48.1 Å². The topological polar surface area (TPSA) is 84.0 Å². The van der Waals surface area contributed by atoms with E-state index in [1.165, 1.54) is 20.4 Å². The molecule has 1 aliphatic carbocycles. The fraction of sp³-hybridized carbons (Fsp3) is 0.423.